The van der Waals surface area contributed by atoms with Gasteiger partial charge in [-0.05, 0) is 123 Å². The second-order valence-electron chi connectivity index (χ2n) is 21.3. The van der Waals surface area contributed by atoms with Gasteiger partial charge in [0.1, 0.15) is 12.2 Å². The topological polar surface area (TPSA) is 79.3 Å². The van der Waals surface area contributed by atoms with Crippen molar-refractivity contribution in [3.63, 3.8) is 0 Å². The van der Waals surface area contributed by atoms with Crippen molar-refractivity contribution in [3.05, 3.63) is 0 Å². The first kappa shape index (κ1) is 42.2. The molecule has 0 bridgehead atoms. The van der Waals surface area contributed by atoms with E-state index in [0.717, 1.165) is 32.1 Å². The number of aliphatic hydroxyl groups excluding tert-OH is 1. The summed E-state index contributed by atoms with van der Waals surface area (Å²) in [5.74, 6) is -1.85. The van der Waals surface area contributed by atoms with Gasteiger partial charge in [-0.15, -0.1) is 0 Å². The fourth-order valence-electron chi connectivity index (χ4n) is 10.2. The number of rotatable bonds is 9. The van der Waals surface area contributed by atoms with Crippen LogP contribution in [0.2, 0.25) is 0 Å². The first-order chi connectivity index (χ1) is 22.0. The van der Waals surface area contributed by atoms with Gasteiger partial charge in [0.2, 0.25) is 0 Å². The lowest BCUT2D eigenvalue weighted by atomic mass is 9.55. The highest BCUT2D eigenvalue weighted by molar-refractivity contribution is 5.95. The van der Waals surface area contributed by atoms with Gasteiger partial charge in [0, 0.05) is 47.8 Å². The van der Waals surface area contributed by atoms with E-state index >= 15 is 0 Å². The molecule has 1 N–H and O–H groups in total. The summed E-state index contributed by atoms with van der Waals surface area (Å²) in [5.41, 5.74) is -0.873. The largest absolute Gasteiger partial charge is 0.462 e. The molecule has 2 saturated heterocycles. The SMILES string of the molecule is CCCCC(C1CC(C(C)(C)C)C(O)C(C(C)(C)C)C1)C(C(=O)OC1CC(C)(C)N(C)C(C)(C)C1)C(=O)OC1CC(C)(C)N(C)C(C)(C)C1. The Balaban J connectivity index is 2.08. The number of nitrogens with zero attached hydrogens (tertiary/aromatic N) is 2. The highest BCUT2D eigenvalue weighted by Crippen LogP contribution is 2.52. The molecule has 0 aromatic carbocycles. The zero-order valence-electron chi connectivity index (χ0n) is 35.0. The summed E-state index contributed by atoms with van der Waals surface area (Å²) in [6.07, 6.45) is 6.07. The molecule has 49 heavy (non-hydrogen) atoms. The van der Waals surface area contributed by atoms with E-state index in [0.29, 0.717) is 25.7 Å². The van der Waals surface area contributed by atoms with Crippen LogP contribution < -0.4 is 0 Å². The van der Waals surface area contributed by atoms with Crippen LogP contribution in [0.5, 0.6) is 0 Å². The van der Waals surface area contributed by atoms with Crippen molar-refractivity contribution >= 4 is 11.9 Å². The lowest BCUT2D eigenvalue weighted by Gasteiger charge is -2.54. The van der Waals surface area contributed by atoms with Crippen LogP contribution in [0.1, 0.15) is 162 Å². The Morgan fingerprint density at radius 1 is 0.694 bits per heavy atom. The maximum atomic E-state index is 14.8. The van der Waals surface area contributed by atoms with Crippen LogP contribution in [0.4, 0.5) is 0 Å². The lowest BCUT2D eigenvalue weighted by Crippen LogP contribution is -2.61. The molecule has 3 rings (SSSR count). The molecule has 286 valence electrons. The van der Waals surface area contributed by atoms with Gasteiger partial charge in [0.15, 0.2) is 5.92 Å². The van der Waals surface area contributed by atoms with Crippen molar-refractivity contribution < 1.29 is 24.2 Å². The summed E-state index contributed by atoms with van der Waals surface area (Å²) in [4.78, 5) is 34.3. The molecule has 7 heteroatoms. The molecule has 0 aromatic heterocycles. The van der Waals surface area contributed by atoms with Gasteiger partial charge in [0.05, 0.1) is 6.10 Å². The molecule has 0 aromatic rings. The fourth-order valence-corrected chi connectivity index (χ4v) is 10.2. The standard InChI is InChI=1S/C42H78N2O5/c1-18-19-20-30(27-21-31(37(2,3)4)34(45)32(22-27)38(5,6)7)33(35(46)48-28-23-39(8,9)43(16)40(10,11)24-28)36(47)49-29-25-41(12,13)44(17)42(14,15)26-29/h27-34,45H,18-26H2,1-17H3. The Morgan fingerprint density at radius 3 is 1.31 bits per heavy atom. The molecule has 3 atom stereocenters. The Hall–Kier alpha value is -1.18. The van der Waals surface area contributed by atoms with Crippen molar-refractivity contribution in [1.29, 1.82) is 0 Å². The van der Waals surface area contributed by atoms with Crippen molar-refractivity contribution in [2.45, 2.75) is 202 Å². The van der Waals surface area contributed by atoms with E-state index in [1.165, 1.54) is 0 Å². The summed E-state index contributed by atoms with van der Waals surface area (Å²) in [5, 5.41) is 11.8. The zero-order chi connectivity index (χ0) is 37.7. The van der Waals surface area contributed by atoms with Crippen molar-refractivity contribution in [2.75, 3.05) is 14.1 Å². The van der Waals surface area contributed by atoms with Gasteiger partial charge in [0.25, 0.3) is 0 Å². The van der Waals surface area contributed by atoms with E-state index in [4.69, 9.17) is 9.47 Å². The highest BCUT2D eigenvalue weighted by Gasteiger charge is 2.53. The Labute approximate surface area is 302 Å². The summed E-state index contributed by atoms with van der Waals surface area (Å²) in [6.45, 7) is 33.2. The third-order valence-corrected chi connectivity index (χ3v) is 13.7. The molecule has 2 aliphatic heterocycles. The van der Waals surface area contributed by atoms with Crippen molar-refractivity contribution in [2.24, 2.45) is 40.4 Å². The molecule has 0 amide bonds. The number of hydrogen-bond donors (Lipinski definition) is 1. The molecule has 2 heterocycles. The van der Waals surface area contributed by atoms with Gasteiger partial charge < -0.3 is 14.6 Å². The number of unbranched alkanes of at least 4 members (excludes halogenated alkanes) is 1. The second kappa shape index (κ2) is 14.7. The van der Waals surface area contributed by atoms with Crippen molar-refractivity contribution in [1.82, 2.24) is 9.80 Å². The van der Waals surface area contributed by atoms with Crippen molar-refractivity contribution in [3.8, 4) is 0 Å². The Bertz CT molecular complexity index is 1030. The molecule has 7 nitrogen and oxygen atoms in total. The maximum absolute atomic E-state index is 14.8. The molecule has 1 saturated carbocycles. The molecule has 0 spiro atoms. The van der Waals surface area contributed by atoms with Crippen LogP contribution in [-0.4, -0.2) is 81.4 Å². The number of piperidine rings is 2. The molecule has 3 aliphatic rings. The second-order valence-corrected chi connectivity index (χ2v) is 21.3. The van der Waals surface area contributed by atoms with E-state index < -0.39 is 24.0 Å². The third-order valence-electron chi connectivity index (χ3n) is 13.7. The van der Waals surface area contributed by atoms with Crippen LogP contribution in [0.3, 0.4) is 0 Å². The Kier molecular flexibility index (Phi) is 12.7. The first-order valence-electron chi connectivity index (χ1n) is 19.6. The number of aliphatic hydroxyl groups is 1. The molecule has 3 unspecified atom stereocenters. The van der Waals surface area contributed by atoms with E-state index in [1.54, 1.807) is 0 Å². The molecule has 0 radical (unpaired) electrons. The Morgan fingerprint density at radius 2 is 1.02 bits per heavy atom. The quantitative estimate of drug-likeness (QED) is 0.191. The first-order valence-corrected chi connectivity index (χ1v) is 19.6. The number of esters is 2. The van der Waals surface area contributed by atoms with Gasteiger partial charge in [-0.1, -0.05) is 61.3 Å². The average Bonchev–Trinajstić information content (AvgIpc) is 2.90. The predicted octanol–water partition coefficient (Wildman–Crippen LogP) is 8.89. The van der Waals surface area contributed by atoms with Gasteiger partial charge >= 0.3 is 11.9 Å². The number of hydrogen-bond acceptors (Lipinski definition) is 7. The minimum atomic E-state index is -0.996. The molecular formula is C42H78N2O5. The van der Waals surface area contributed by atoms with Gasteiger partial charge in [-0.2, -0.15) is 0 Å². The average molecular weight is 691 g/mol. The predicted molar refractivity (Wildman–Crippen MR) is 201 cm³/mol. The van der Waals surface area contributed by atoms with Gasteiger partial charge in [-0.25, -0.2) is 0 Å². The zero-order valence-corrected chi connectivity index (χ0v) is 35.0. The lowest BCUT2D eigenvalue weighted by molar-refractivity contribution is -0.183. The maximum Gasteiger partial charge on any atom is 0.320 e. The molecular weight excluding hydrogens is 612 g/mol. The summed E-state index contributed by atoms with van der Waals surface area (Å²) in [7, 11) is 4.30. The van der Waals surface area contributed by atoms with E-state index in [9.17, 15) is 14.7 Å². The number of carbonyl (C=O) groups is 2. The van der Waals surface area contributed by atoms with Crippen LogP contribution >= 0.6 is 0 Å². The third kappa shape index (κ3) is 9.63. The van der Waals surface area contributed by atoms with E-state index in [-0.39, 0.29) is 68.9 Å². The summed E-state index contributed by atoms with van der Waals surface area (Å²) < 4.78 is 13.0. The van der Waals surface area contributed by atoms with Crippen LogP contribution in [0.15, 0.2) is 0 Å². The highest BCUT2D eigenvalue weighted by atomic mass is 16.6. The fraction of sp³-hybridized carbons (Fsp3) is 0.952. The minimum Gasteiger partial charge on any atom is -0.462 e. The van der Waals surface area contributed by atoms with Crippen LogP contribution in [-0.2, 0) is 19.1 Å². The monoisotopic (exact) mass is 691 g/mol. The van der Waals surface area contributed by atoms with E-state index in [2.05, 4.69) is 128 Å². The number of ether oxygens (including phenoxy) is 2. The van der Waals surface area contributed by atoms with Crippen LogP contribution in [0, 0.1) is 40.4 Å². The van der Waals surface area contributed by atoms with E-state index in [1.807, 2.05) is 0 Å². The van der Waals surface area contributed by atoms with Gasteiger partial charge in [-0.3, -0.25) is 19.4 Å². The molecule has 1 aliphatic carbocycles. The van der Waals surface area contributed by atoms with Crippen LogP contribution in [0.25, 0.3) is 0 Å². The number of carbonyl (C=O) groups excluding carboxylic acids is 2. The number of likely N-dealkylation sites (tertiary alicyclic amines) is 2. The smallest absolute Gasteiger partial charge is 0.320 e. The normalized spacial score (nSPS) is 30.6. The summed E-state index contributed by atoms with van der Waals surface area (Å²) in [6, 6.07) is 0. The minimum absolute atomic E-state index is 0.0539. The summed E-state index contributed by atoms with van der Waals surface area (Å²) >= 11 is 0. The molecule has 3 fully saturated rings.